The first kappa shape index (κ1) is 16.8. The Morgan fingerprint density at radius 2 is 1.79 bits per heavy atom. The number of carbonyl (C=O) groups excluding carboxylic acids is 1. The molecule has 0 spiro atoms. The second-order valence-corrected chi connectivity index (χ2v) is 7.76. The highest BCUT2D eigenvalue weighted by Gasteiger charge is 2.33. The van der Waals surface area contributed by atoms with E-state index in [9.17, 15) is 13.2 Å². The third kappa shape index (κ3) is 3.24. The van der Waals surface area contributed by atoms with E-state index in [1.165, 1.54) is 6.07 Å². The average Bonchev–Trinajstić information content (AvgIpc) is 2.48. The number of rotatable bonds is 2. The Morgan fingerprint density at radius 1 is 1.12 bits per heavy atom. The maximum Gasteiger partial charge on any atom is 0.262 e. The number of nitrogens with one attached hydrogen (secondary N) is 3. The molecule has 1 aliphatic rings. The van der Waals surface area contributed by atoms with Crippen molar-refractivity contribution in [2.75, 3.05) is 10.6 Å². The molecule has 6 nitrogen and oxygen atoms in total. The second kappa shape index (κ2) is 6.08. The molecule has 0 saturated heterocycles. The van der Waals surface area contributed by atoms with Gasteiger partial charge in [-0.25, -0.2) is 8.42 Å². The summed E-state index contributed by atoms with van der Waals surface area (Å²) in [5.74, 6) is -0.545. The monoisotopic (exact) mass is 365 g/mol. The highest BCUT2D eigenvalue weighted by atomic mass is 35.5. The minimum Gasteiger partial charge on any atom is -0.360 e. The van der Waals surface area contributed by atoms with Gasteiger partial charge < -0.3 is 10.6 Å². The van der Waals surface area contributed by atoms with Gasteiger partial charge in [-0.3, -0.25) is 4.79 Å². The molecule has 1 amide bonds. The molecule has 0 fully saturated rings. The molecule has 3 rings (SSSR count). The fraction of sp³-hybridized carbons (Fsp3) is 0.188. The summed E-state index contributed by atoms with van der Waals surface area (Å²) in [6.07, 6.45) is -1.12. The van der Waals surface area contributed by atoms with E-state index >= 15 is 0 Å². The van der Waals surface area contributed by atoms with Crippen molar-refractivity contribution in [3.05, 3.63) is 52.5 Å². The zero-order valence-electron chi connectivity index (χ0n) is 13.1. The molecular formula is C16H16ClN3O3S. The molecule has 24 heavy (non-hydrogen) atoms. The van der Waals surface area contributed by atoms with Crippen molar-refractivity contribution in [1.82, 2.24) is 4.72 Å². The fourth-order valence-electron chi connectivity index (χ4n) is 2.44. The lowest BCUT2D eigenvalue weighted by Crippen LogP contribution is -2.51. The summed E-state index contributed by atoms with van der Waals surface area (Å²) in [5, 5.41) is 5.92. The molecule has 0 aromatic heterocycles. The first-order valence-corrected chi connectivity index (χ1v) is 9.09. The molecule has 3 N–H and O–H groups in total. The van der Waals surface area contributed by atoms with E-state index in [1.54, 1.807) is 30.3 Å². The van der Waals surface area contributed by atoms with Crippen molar-refractivity contribution < 1.29 is 13.2 Å². The predicted octanol–water partition coefficient (Wildman–Crippen LogP) is 2.63. The third-order valence-electron chi connectivity index (χ3n) is 3.64. The smallest absolute Gasteiger partial charge is 0.262 e. The summed E-state index contributed by atoms with van der Waals surface area (Å²) in [6.45, 7) is 3.73. The molecule has 0 radical (unpaired) electrons. The van der Waals surface area contributed by atoms with Crippen LogP contribution in [0.4, 0.5) is 11.4 Å². The molecule has 2 aromatic rings. The van der Waals surface area contributed by atoms with Gasteiger partial charge in [0.05, 0.1) is 16.4 Å². The quantitative estimate of drug-likeness (QED) is 0.763. The summed E-state index contributed by atoms with van der Waals surface area (Å²) in [6, 6.07) is 10.1. The normalized spacial score (nSPS) is 18.4. The number of aryl methyl sites for hydroxylation is 2. The number of fused-ring (bicyclic) bond motifs is 1. The van der Waals surface area contributed by atoms with Crippen LogP contribution in [0.2, 0.25) is 5.02 Å². The van der Waals surface area contributed by atoms with Crippen molar-refractivity contribution in [2.24, 2.45) is 0 Å². The lowest BCUT2D eigenvalue weighted by Gasteiger charge is -2.27. The zero-order chi connectivity index (χ0) is 17.5. The molecule has 1 heterocycles. The van der Waals surface area contributed by atoms with Crippen molar-refractivity contribution >= 4 is 38.9 Å². The molecule has 126 valence electrons. The SMILES string of the molecule is Cc1ccc(NC(=O)C2Nc3cc(C)ccc3S(=O)(=O)N2)c(Cl)c1. The number of hydrogen-bond donors (Lipinski definition) is 3. The highest BCUT2D eigenvalue weighted by Crippen LogP contribution is 2.28. The standard InChI is InChI=1S/C16H16ClN3O3S/c1-9-3-5-12(11(17)7-9)19-16(21)15-18-13-8-10(2)4-6-14(13)24(22,23)20-15/h3-8,15,18,20H,1-2H3,(H,19,21). The van der Waals surface area contributed by atoms with Gasteiger partial charge in [-0.15, -0.1) is 0 Å². The van der Waals surface area contributed by atoms with E-state index in [2.05, 4.69) is 15.4 Å². The van der Waals surface area contributed by atoms with Crippen LogP contribution >= 0.6 is 11.6 Å². The molecule has 2 aromatic carbocycles. The minimum absolute atomic E-state index is 0.116. The molecule has 0 bridgehead atoms. The highest BCUT2D eigenvalue weighted by molar-refractivity contribution is 7.89. The van der Waals surface area contributed by atoms with Gasteiger partial charge in [0.1, 0.15) is 4.90 Å². The molecule has 8 heteroatoms. The molecule has 0 aliphatic carbocycles. The summed E-state index contributed by atoms with van der Waals surface area (Å²) in [7, 11) is -3.77. The van der Waals surface area contributed by atoms with Crippen LogP contribution in [0.15, 0.2) is 41.3 Å². The van der Waals surface area contributed by atoms with Gasteiger partial charge in [-0.1, -0.05) is 23.7 Å². The van der Waals surface area contributed by atoms with Crippen LogP contribution in [-0.2, 0) is 14.8 Å². The number of sulfonamides is 1. The van der Waals surface area contributed by atoms with Crippen LogP contribution in [0.25, 0.3) is 0 Å². The predicted molar refractivity (Wildman–Crippen MR) is 93.7 cm³/mol. The molecule has 1 unspecified atom stereocenters. The Bertz CT molecular complexity index is 928. The van der Waals surface area contributed by atoms with E-state index in [4.69, 9.17) is 11.6 Å². The largest absolute Gasteiger partial charge is 0.360 e. The zero-order valence-corrected chi connectivity index (χ0v) is 14.6. The van der Waals surface area contributed by atoms with E-state index in [0.717, 1.165) is 11.1 Å². The van der Waals surface area contributed by atoms with Gasteiger partial charge in [-0.2, -0.15) is 4.72 Å². The van der Waals surface area contributed by atoms with Crippen molar-refractivity contribution in [1.29, 1.82) is 0 Å². The first-order valence-electron chi connectivity index (χ1n) is 7.23. The second-order valence-electron chi connectivity index (χ2n) is 5.67. The molecular weight excluding hydrogens is 350 g/mol. The number of anilines is 2. The number of benzene rings is 2. The number of halogens is 1. The first-order chi connectivity index (χ1) is 11.3. The summed E-state index contributed by atoms with van der Waals surface area (Å²) in [4.78, 5) is 12.5. The van der Waals surface area contributed by atoms with Crippen molar-refractivity contribution in [2.45, 2.75) is 24.9 Å². The maximum absolute atomic E-state index is 12.4. The van der Waals surface area contributed by atoms with Crippen LogP contribution in [0, 0.1) is 13.8 Å². The third-order valence-corrected chi connectivity index (χ3v) is 5.44. The Hall–Kier alpha value is -2.09. The van der Waals surface area contributed by atoms with E-state index in [-0.39, 0.29) is 4.90 Å². The van der Waals surface area contributed by atoms with Crippen molar-refractivity contribution in [3.63, 3.8) is 0 Å². The van der Waals surface area contributed by atoms with Gasteiger partial charge >= 0.3 is 0 Å². The lowest BCUT2D eigenvalue weighted by atomic mass is 10.2. The van der Waals surface area contributed by atoms with Crippen LogP contribution in [0.1, 0.15) is 11.1 Å². The molecule has 1 atom stereocenters. The van der Waals surface area contributed by atoms with Crippen molar-refractivity contribution in [3.8, 4) is 0 Å². The van der Waals surface area contributed by atoms with Gasteiger partial charge in [-0.05, 0) is 49.2 Å². The number of amides is 1. The summed E-state index contributed by atoms with van der Waals surface area (Å²) < 4.78 is 26.9. The van der Waals surface area contributed by atoms with Gasteiger partial charge in [0.25, 0.3) is 5.91 Å². The van der Waals surface area contributed by atoms with Crippen LogP contribution < -0.4 is 15.4 Å². The minimum atomic E-state index is -3.77. The van der Waals surface area contributed by atoms with Crippen LogP contribution in [-0.4, -0.2) is 20.5 Å². The van der Waals surface area contributed by atoms with Gasteiger partial charge in [0.2, 0.25) is 10.0 Å². The fourth-order valence-corrected chi connectivity index (χ4v) is 3.98. The molecule has 1 aliphatic heterocycles. The number of carbonyl (C=O) groups is 1. The topological polar surface area (TPSA) is 87.3 Å². The van der Waals surface area contributed by atoms with Crippen LogP contribution in [0.5, 0.6) is 0 Å². The van der Waals surface area contributed by atoms with Crippen LogP contribution in [0.3, 0.4) is 0 Å². The summed E-state index contributed by atoms with van der Waals surface area (Å²) in [5.41, 5.74) is 2.66. The van der Waals surface area contributed by atoms with E-state index in [0.29, 0.717) is 16.4 Å². The number of hydrogen-bond acceptors (Lipinski definition) is 4. The Kier molecular flexibility index (Phi) is 4.25. The Balaban J connectivity index is 1.87. The van der Waals surface area contributed by atoms with Gasteiger partial charge in [0, 0.05) is 0 Å². The van der Waals surface area contributed by atoms with E-state index < -0.39 is 22.1 Å². The summed E-state index contributed by atoms with van der Waals surface area (Å²) >= 11 is 6.10. The lowest BCUT2D eigenvalue weighted by molar-refractivity contribution is -0.117. The Labute approximate surface area is 145 Å². The van der Waals surface area contributed by atoms with Gasteiger partial charge in [0.15, 0.2) is 6.17 Å². The average molecular weight is 366 g/mol. The maximum atomic E-state index is 12.4. The Morgan fingerprint density at radius 3 is 2.50 bits per heavy atom. The molecule has 0 saturated carbocycles. The van der Waals surface area contributed by atoms with E-state index in [1.807, 2.05) is 13.8 Å².